The second-order valence-electron chi connectivity index (χ2n) is 4.49. The average Bonchev–Trinajstić information content (AvgIpc) is 2.43. The first-order chi connectivity index (χ1) is 9.19. The molecule has 0 spiro atoms. The van der Waals surface area contributed by atoms with Crippen LogP contribution in [-0.4, -0.2) is 41.3 Å². The minimum Gasteiger partial charge on any atom is -0.370 e. The summed E-state index contributed by atoms with van der Waals surface area (Å²) in [6.45, 7) is 6.27. The fourth-order valence-corrected chi connectivity index (χ4v) is 2.64. The molecule has 2 N–H and O–H groups in total. The molecular weight excluding hydrogens is 276 g/mol. The van der Waals surface area contributed by atoms with Gasteiger partial charge in [0.05, 0.1) is 0 Å². The monoisotopic (exact) mass is 300 g/mol. The second kappa shape index (κ2) is 9.31. The predicted molar refractivity (Wildman–Crippen MR) is 88.6 cm³/mol. The van der Waals surface area contributed by atoms with Gasteiger partial charge in [-0.05, 0) is 30.6 Å². The minimum atomic E-state index is 0.634. The third-order valence-corrected chi connectivity index (χ3v) is 3.98. The lowest BCUT2D eigenvalue weighted by Crippen LogP contribution is -2.15. The van der Waals surface area contributed by atoms with Gasteiger partial charge in [0.1, 0.15) is 11.6 Å². The predicted octanol–water partition coefficient (Wildman–Crippen LogP) is 3.43. The summed E-state index contributed by atoms with van der Waals surface area (Å²) < 4.78 is 0. The number of hydrogen-bond donors (Lipinski definition) is 2. The largest absolute Gasteiger partial charge is 0.370 e. The Balaban J connectivity index is 2.65. The van der Waals surface area contributed by atoms with Gasteiger partial charge in [-0.25, -0.2) is 9.97 Å². The number of anilines is 2. The molecule has 0 amide bonds. The van der Waals surface area contributed by atoms with Gasteiger partial charge in [0.2, 0.25) is 0 Å². The molecule has 108 valence electrons. The SMILES string of the molecule is CCCNc1cc(NCC(C)CSC)nc(SC)n1. The Labute approximate surface area is 125 Å². The summed E-state index contributed by atoms with van der Waals surface area (Å²) in [5.74, 6) is 3.61. The van der Waals surface area contributed by atoms with E-state index in [1.807, 2.05) is 24.1 Å². The maximum absolute atomic E-state index is 4.49. The van der Waals surface area contributed by atoms with Crippen molar-refractivity contribution >= 4 is 35.2 Å². The molecule has 1 rings (SSSR count). The highest BCUT2D eigenvalue weighted by Crippen LogP contribution is 2.18. The zero-order valence-electron chi connectivity index (χ0n) is 12.2. The molecule has 0 saturated heterocycles. The van der Waals surface area contributed by atoms with Crippen molar-refractivity contribution in [2.75, 3.05) is 42.0 Å². The standard InChI is InChI=1S/C13H24N4S2/c1-5-6-14-11-7-12(17-13(16-11)19-4)15-8-10(2)9-18-3/h7,10H,5-6,8-9H2,1-4H3,(H2,14,15,16,17). The highest BCUT2D eigenvalue weighted by atomic mass is 32.2. The van der Waals surface area contributed by atoms with E-state index in [4.69, 9.17) is 0 Å². The van der Waals surface area contributed by atoms with Crippen molar-refractivity contribution in [2.45, 2.75) is 25.4 Å². The first kappa shape index (κ1) is 16.4. The lowest BCUT2D eigenvalue weighted by molar-refractivity contribution is 0.698. The van der Waals surface area contributed by atoms with Crippen molar-refractivity contribution in [3.8, 4) is 0 Å². The number of aromatic nitrogens is 2. The number of rotatable bonds is 9. The first-order valence-corrected chi connectivity index (χ1v) is 9.21. The van der Waals surface area contributed by atoms with Gasteiger partial charge in [0, 0.05) is 19.2 Å². The molecule has 1 heterocycles. The molecule has 19 heavy (non-hydrogen) atoms. The van der Waals surface area contributed by atoms with Crippen LogP contribution in [0, 0.1) is 5.92 Å². The molecule has 0 bridgehead atoms. The third kappa shape index (κ3) is 6.38. The first-order valence-electron chi connectivity index (χ1n) is 6.59. The summed E-state index contributed by atoms with van der Waals surface area (Å²) in [5.41, 5.74) is 0. The Kier molecular flexibility index (Phi) is 8.05. The maximum atomic E-state index is 4.49. The van der Waals surface area contributed by atoms with Crippen LogP contribution in [0.2, 0.25) is 0 Å². The van der Waals surface area contributed by atoms with Gasteiger partial charge < -0.3 is 10.6 Å². The quantitative estimate of drug-likeness (QED) is 0.538. The van der Waals surface area contributed by atoms with Crippen LogP contribution in [0.5, 0.6) is 0 Å². The maximum Gasteiger partial charge on any atom is 0.191 e. The molecule has 0 aliphatic carbocycles. The molecule has 1 aromatic heterocycles. The molecule has 4 nitrogen and oxygen atoms in total. The zero-order chi connectivity index (χ0) is 14.1. The van der Waals surface area contributed by atoms with E-state index in [1.54, 1.807) is 11.8 Å². The molecule has 1 atom stereocenters. The minimum absolute atomic E-state index is 0.634. The van der Waals surface area contributed by atoms with Crippen LogP contribution in [0.15, 0.2) is 11.2 Å². The normalized spacial score (nSPS) is 12.2. The summed E-state index contributed by atoms with van der Waals surface area (Å²) in [5, 5.41) is 7.52. The van der Waals surface area contributed by atoms with Crippen molar-refractivity contribution < 1.29 is 0 Å². The van der Waals surface area contributed by atoms with Crippen molar-refractivity contribution in [3.63, 3.8) is 0 Å². The topological polar surface area (TPSA) is 49.8 Å². The van der Waals surface area contributed by atoms with Crippen molar-refractivity contribution in [1.29, 1.82) is 0 Å². The number of nitrogens with one attached hydrogen (secondary N) is 2. The zero-order valence-corrected chi connectivity index (χ0v) is 13.8. The van der Waals surface area contributed by atoms with Crippen molar-refractivity contribution in [2.24, 2.45) is 5.92 Å². The summed E-state index contributed by atoms with van der Waals surface area (Å²) in [6.07, 6.45) is 5.23. The smallest absolute Gasteiger partial charge is 0.191 e. The Hall–Kier alpha value is -0.620. The third-order valence-electron chi connectivity index (χ3n) is 2.53. The van der Waals surface area contributed by atoms with Gasteiger partial charge in [-0.1, -0.05) is 25.6 Å². The fraction of sp³-hybridized carbons (Fsp3) is 0.692. The summed E-state index contributed by atoms with van der Waals surface area (Å²) >= 11 is 3.45. The average molecular weight is 300 g/mol. The number of hydrogen-bond acceptors (Lipinski definition) is 6. The fourth-order valence-electron chi connectivity index (χ4n) is 1.57. The number of nitrogens with zero attached hydrogens (tertiary/aromatic N) is 2. The highest BCUT2D eigenvalue weighted by molar-refractivity contribution is 7.98. The summed E-state index contributed by atoms with van der Waals surface area (Å²) in [7, 11) is 0. The van der Waals surface area contributed by atoms with Crippen LogP contribution in [0.3, 0.4) is 0 Å². The molecule has 0 radical (unpaired) electrons. The van der Waals surface area contributed by atoms with Crippen LogP contribution in [-0.2, 0) is 0 Å². The van der Waals surface area contributed by atoms with E-state index >= 15 is 0 Å². The molecule has 0 fully saturated rings. The Morgan fingerprint density at radius 1 is 1.21 bits per heavy atom. The summed E-state index contributed by atoms with van der Waals surface area (Å²) in [6, 6.07) is 1.99. The molecular formula is C13H24N4S2. The molecule has 0 aliphatic heterocycles. The van der Waals surface area contributed by atoms with E-state index < -0.39 is 0 Å². The molecule has 1 unspecified atom stereocenters. The van der Waals surface area contributed by atoms with Gasteiger partial charge in [0.15, 0.2) is 5.16 Å². The van der Waals surface area contributed by atoms with Gasteiger partial charge in [-0.3, -0.25) is 0 Å². The van der Waals surface area contributed by atoms with Gasteiger partial charge in [-0.15, -0.1) is 0 Å². The number of thioether (sulfide) groups is 2. The van der Waals surface area contributed by atoms with E-state index in [2.05, 4.69) is 40.7 Å². The molecule has 0 aliphatic rings. The summed E-state index contributed by atoms with van der Waals surface area (Å²) in [4.78, 5) is 8.94. The molecule has 6 heteroatoms. The highest BCUT2D eigenvalue weighted by Gasteiger charge is 2.05. The van der Waals surface area contributed by atoms with Crippen LogP contribution >= 0.6 is 23.5 Å². The van der Waals surface area contributed by atoms with Gasteiger partial charge in [0.25, 0.3) is 0 Å². The van der Waals surface area contributed by atoms with Crippen LogP contribution in [0.4, 0.5) is 11.6 Å². The van der Waals surface area contributed by atoms with Gasteiger partial charge in [-0.2, -0.15) is 11.8 Å². The van der Waals surface area contributed by atoms with Crippen LogP contribution in [0.25, 0.3) is 0 Å². The Morgan fingerprint density at radius 2 is 1.89 bits per heavy atom. The van der Waals surface area contributed by atoms with Gasteiger partial charge >= 0.3 is 0 Å². The molecule has 1 aromatic rings. The lowest BCUT2D eigenvalue weighted by Gasteiger charge is -2.13. The van der Waals surface area contributed by atoms with Crippen molar-refractivity contribution in [1.82, 2.24) is 9.97 Å². The van der Waals surface area contributed by atoms with E-state index in [1.165, 1.54) is 0 Å². The molecule has 0 saturated carbocycles. The molecule has 0 aromatic carbocycles. The van der Waals surface area contributed by atoms with E-state index in [0.29, 0.717) is 5.92 Å². The lowest BCUT2D eigenvalue weighted by atomic mass is 10.2. The van der Waals surface area contributed by atoms with E-state index in [0.717, 1.165) is 42.1 Å². The van der Waals surface area contributed by atoms with E-state index in [-0.39, 0.29) is 0 Å². The van der Waals surface area contributed by atoms with Crippen LogP contribution < -0.4 is 10.6 Å². The second-order valence-corrected chi connectivity index (χ2v) is 6.18. The Bertz CT molecular complexity index is 374. The van der Waals surface area contributed by atoms with E-state index in [9.17, 15) is 0 Å². The van der Waals surface area contributed by atoms with Crippen molar-refractivity contribution in [3.05, 3.63) is 6.07 Å². The van der Waals surface area contributed by atoms with Crippen LogP contribution in [0.1, 0.15) is 20.3 Å². The Morgan fingerprint density at radius 3 is 2.47 bits per heavy atom.